The van der Waals surface area contributed by atoms with Crippen LogP contribution in [0.1, 0.15) is 27.3 Å². The molecule has 23 heavy (non-hydrogen) atoms. The molecule has 0 aliphatic rings. The van der Waals surface area contributed by atoms with Gasteiger partial charge >= 0.3 is 0 Å². The maximum atomic E-state index is 10.6. The van der Waals surface area contributed by atoms with E-state index >= 15 is 0 Å². The van der Waals surface area contributed by atoms with Crippen molar-refractivity contribution in [1.29, 1.82) is 0 Å². The Morgan fingerprint density at radius 3 is 2.39 bits per heavy atom. The minimum Gasteiger partial charge on any atom is -0.296 e. The van der Waals surface area contributed by atoms with Gasteiger partial charge < -0.3 is 0 Å². The number of hydrogen-bond acceptors (Lipinski definition) is 3. The maximum Gasteiger partial charge on any atom is 0.170 e. The first-order valence-corrected chi connectivity index (χ1v) is 7.24. The highest BCUT2D eigenvalue weighted by atomic mass is 16.1. The van der Waals surface area contributed by atoms with Gasteiger partial charge in [0, 0.05) is 5.56 Å². The van der Waals surface area contributed by atoms with Crippen LogP contribution in [0.4, 0.5) is 0 Å². The Hall–Kier alpha value is -3.25. The van der Waals surface area contributed by atoms with E-state index < -0.39 is 0 Å². The largest absolute Gasteiger partial charge is 0.296 e. The number of aldehydes is 1. The summed E-state index contributed by atoms with van der Waals surface area (Å²) in [5.41, 5.74) is 5.26. The van der Waals surface area contributed by atoms with Gasteiger partial charge in [0.2, 0.25) is 0 Å². The summed E-state index contributed by atoms with van der Waals surface area (Å²) >= 11 is 0. The van der Waals surface area contributed by atoms with Gasteiger partial charge in [0.15, 0.2) is 6.29 Å². The van der Waals surface area contributed by atoms with E-state index in [2.05, 4.69) is 47.2 Å². The minimum absolute atomic E-state index is 0.304. The van der Waals surface area contributed by atoms with Crippen LogP contribution in [0.25, 0.3) is 11.1 Å². The molecule has 0 unspecified atom stereocenters. The molecular formula is C20H14N2O. The fourth-order valence-corrected chi connectivity index (χ4v) is 2.30. The highest BCUT2D eigenvalue weighted by Gasteiger charge is 2.04. The molecule has 0 radical (unpaired) electrons. The maximum absolute atomic E-state index is 10.6. The molecule has 0 amide bonds. The van der Waals surface area contributed by atoms with Crippen LogP contribution in [0.2, 0.25) is 0 Å². The molecule has 3 heteroatoms. The van der Waals surface area contributed by atoms with Crippen molar-refractivity contribution in [1.82, 2.24) is 10.2 Å². The third kappa shape index (κ3) is 3.33. The highest BCUT2D eigenvalue weighted by molar-refractivity contribution is 5.71. The fourth-order valence-electron chi connectivity index (χ4n) is 2.30. The standard InChI is InChI=1S/C20H14N2O/c1-15-16(10-11-18-12-13-19(14-23)22-21-18)8-5-9-20(15)17-6-3-2-4-7-17/h2-9,12-14H,1H3. The molecule has 2 aromatic carbocycles. The summed E-state index contributed by atoms with van der Waals surface area (Å²) in [7, 11) is 0. The Bertz CT molecular complexity index is 888. The SMILES string of the molecule is Cc1c(C#Cc2ccc(C=O)nn2)cccc1-c1ccccc1. The van der Waals surface area contributed by atoms with E-state index in [1.54, 1.807) is 12.1 Å². The number of carbonyl (C=O) groups excluding carboxylic acids is 1. The first-order chi connectivity index (χ1) is 11.3. The Morgan fingerprint density at radius 1 is 0.870 bits per heavy atom. The summed E-state index contributed by atoms with van der Waals surface area (Å²) in [6.45, 7) is 2.06. The molecule has 1 aromatic heterocycles. The van der Waals surface area contributed by atoms with Gasteiger partial charge in [0.25, 0.3) is 0 Å². The quantitative estimate of drug-likeness (QED) is 0.535. The topological polar surface area (TPSA) is 42.9 Å². The number of nitrogens with zero attached hydrogens (tertiary/aromatic N) is 2. The summed E-state index contributed by atoms with van der Waals surface area (Å²) in [6, 6.07) is 19.6. The average molecular weight is 298 g/mol. The van der Waals surface area contributed by atoms with Crippen LogP contribution in [0.15, 0.2) is 60.7 Å². The molecule has 0 saturated carbocycles. The van der Waals surface area contributed by atoms with Crippen LogP contribution in [0, 0.1) is 18.8 Å². The third-order valence-electron chi connectivity index (χ3n) is 3.55. The van der Waals surface area contributed by atoms with Gasteiger partial charge in [-0.2, -0.15) is 0 Å². The molecule has 3 rings (SSSR count). The summed E-state index contributed by atoms with van der Waals surface area (Å²) in [4.78, 5) is 10.6. The Morgan fingerprint density at radius 2 is 1.70 bits per heavy atom. The second-order valence-electron chi connectivity index (χ2n) is 5.06. The van der Waals surface area contributed by atoms with Crippen LogP contribution in [-0.4, -0.2) is 16.5 Å². The van der Waals surface area contributed by atoms with Crippen molar-refractivity contribution in [3.05, 3.63) is 83.2 Å². The van der Waals surface area contributed by atoms with Gasteiger partial charge in [-0.15, -0.1) is 10.2 Å². The van der Waals surface area contributed by atoms with E-state index in [9.17, 15) is 4.79 Å². The molecule has 0 fully saturated rings. The van der Waals surface area contributed by atoms with Crippen molar-refractivity contribution in [2.24, 2.45) is 0 Å². The zero-order chi connectivity index (χ0) is 16.1. The van der Waals surface area contributed by atoms with Crippen LogP contribution in [0.3, 0.4) is 0 Å². The fraction of sp³-hybridized carbons (Fsp3) is 0.0500. The third-order valence-corrected chi connectivity index (χ3v) is 3.55. The number of carbonyl (C=O) groups is 1. The van der Waals surface area contributed by atoms with E-state index in [0.717, 1.165) is 11.1 Å². The zero-order valence-corrected chi connectivity index (χ0v) is 12.7. The van der Waals surface area contributed by atoms with Crippen molar-refractivity contribution in [2.75, 3.05) is 0 Å². The molecule has 1 heterocycles. The summed E-state index contributed by atoms with van der Waals surface area (Å²) in [5.74, 6) is 6.13. The van der Waals surface area contributed by atoms with Crippen LogP contribution < -0.4 is 0 Å². The van der Waals surface area contributed by atoms with Crippen molar-refractivity contribution in [2.45, 2.75) is 6.92 Å². The highest BCUT2D eigenvalue weighted by Crippen LogP contribution is 2.25. The normalized spacial score (nSPS) is 9.78. The summed E-state index contributed by atoms with van der Waals surface area (Å²) in [5, 5.41) is 7.70. The molecule has 0 aliphatic carbocycles. The van der Waals surface area contributed by atoms with Crippen molar-refractivity contribution < 1.29 is 4.79 Å². The van der Waals surface area contributed by atoms with Gasteiger partial charge in [-0.25, -0.2) is 0 Å². The van der Waals surface area contributed by atoms with Crippen molar-refractivity contribution >= 4 is 6.29 Å². The molecule has 3 nitrogen and oxygen atoms in total. The van der Waals surface area contributed by atoms with Crippen LogP contribution >= 0.6 is 0 Å². The number of rotatable bonds is 2. The van der Waals surface area contributed by atoms with Gasteiger partial charge in [-0.1, -0.05) is 48.4 Å². The van der Waals surface area contributed by atoms with Gasteiger partial charge in [-0.3, -0.25) is 4.79 Å². The number of hydrogen-bond donors (Lipinski definition) is 0. The van der Waals surface area contributed by atoms with E-state index in [1.807, 2.05) is 30.3 Å². The molecule has 0 saturated heterocycles. The Labute approximate surface area is 135 Å². The van der Waals surface area contributed by atoms with Gasteiger partial charge in [-0.05, 0) is 47.7 Å². The first-order valence-electron chi connectivity index (χ1n) is 7.24. The molecule has 0 aliphatic heterocycles. The summed E-state index contributed by atoms with van der Waals surface area (Å²) in [6.07, 6.45) is 0.664. The Balaban J connectivity index is 1.95. The van der Waals surface area contributed by atoms with Crippen molar-refractivity contribution in [3.63, 3.8) is 0 Å². The molecular weight excluding hydrogens is 284 g/mol. The average Bonchev–Trinajstić information content (AvgIpc) is 2.62. The second-order valence-corrected chi connectivity index (χ2v) is 5.06. The first kappa shape index (κ1) is 14.7. The van der Waals surface area contributed by atoms with E-state index in [0.29, 0.717) is 17.7 Å². The molecule has 110 valence electrons. The van der Waals surface area contributed by atoms with Gasteiger partial charge in [0.1, 0.15) is 11.4 Å². The van der Waals surface area contributed by atoms with Crippen LogP contribution in [0.5, 0.6) is 0 Å². The lowest BCUT2D eigenvalue weighted by Crippen LogP contribution is -1.93. The lowest BCUT2D eigenvalue weighted by atomic mass is 9.97. The second kappa shape index (κ2) is 6.67. The molecule has 0 spiro atoms. The molecule has 3 aromatic rings. The molecule has 0 atom stereocenters. The zero-order valence-electron chi connectivity index (χ0n) is 12.7. The predicted molar refractivity (Wildman–Crippen MR) is 90.0 cm³/mol. The smallest absolute Gasteiger partial charge is 0.170 e. The predicted octanol–water partition coefficient (Wildman–Crippen LogP) is 3.66. The van der Waals surface area contributed by atoms with Gasteiger partial charge in [0.05, 0.1) is 0 Å². The lowest BCUT2D eigenvalue weighted by Gasteiger charge is -2.07. The number of aromatic nitrogens is 2. The molecule has 0 bridgehead atoms. The van der Waals surface area contributed by atoms with E-state index in [4.69, 9.17) is 0 Å². The van der Waals surface area contributed by atoms with Crippen molar-refractivity contribution in [3.8, 4) is 23.0 Å². The minimum atomic E-state index is 0.304. The Kier molecular flexibility index (Phi) is 4.26. The van der Waals surface area contributed by atoms with E-state index in [-0.39, 0.29) is 0 Å². The summed E-state index contributed by atoms with van der Waals surface area (Å²) < 4.78 is 0. The van der Waals surface area contributed by atoms with E-state index in [1.165, 1.54) is 11.1 Å². The number of benzene rings is 2. The lowest BCUT2D eigenvalue weighted by molar-refractivity contribution is 0.111. The monoisotopic (exact) mass is 298 g/mol. The van der Waals surface area contributed by atoms with Crippen LogP contribution in [-0.2, 0) is 0 Å². The molecule has 0 N–H and O–H groups in total.